The molecular weight excluding hydrogens is 378 g/mol. The van der Waals surface area contributed by atoms with E-state index in [1.807, 2.05) is 12.4 Å². The molecule has 3 unspecified atom stereocenters. The van der Waals surface area contributed by atoms with Crippen molar-refractivity contribution in [2.24, 2.45) is 0 Å². The van der Waals surface area contributed by atoms with Gasteiger partial charge in [0.15, 0.2) is 0 Å². The molecule has 3 atom stereocenters. The highest BCUT2D eigenvalue weighted by Gasteiger charge is 2.36. The number of hydrogen-bond acceptors (Lipinski definition) is 7. The Kier molecular flexibility index (Phi) is 3.94. The molecule has 8 heteroatoms. The van der Waals surface area contributed by atoms with Crippen molar-refractivity contribution in [3.8, 4) is 17.2 Å². The van der Waals surface area contributed by atoms with E-state index in [0.29, 0.717) is 24.2 Å². The maximum atomic E-state index is 9.95. The zero-order valence-electron chi connectivity index (χ0n) is 16.6. The standard InChI is InChI=1S/C22H23N7O/c23-7-15-9-25-29-12-18(27-4-3-19(30)13-27)6-20(22(15)29)14-1-2-21(24-8-14)28-10-16-5-17(11-28)26-16/h1-2,6,8-9,12,16-17,19,26,30H,3-5,10-11,13H2. The van der Waals surface area contributed by atoms with Gasteiger partial charge < -0.3 is 20.2 Å². The molecule has 0 spiro atoms. The number of nitriles is 1. The van der Waals surface area contributed by atoms with Crippen LogP contribution in [0.15, 0.2) is 36.8 Å². The first-order chi connectivity index (χ1) is 14.7. The zero-order chi connectivity index (χ0) is 20.2. The Hall–Kier alpha value is -3.15. The summed E-state index contributed by atoms with van der Waals surface area (Å²) in [5.41, 5.74) is 4.23. The van der Waals surface area contributed by atoms with Gasteiger partial charge in [0.2, 0.25) is 0 Å². The maximum Gasteiger partial charge on any atom is 0.128 e. The van der Waals surface area contributed by atoms with E-state index in [1.54, 1.807) is 10.7 Å². The Morgan fingerprint density at radius 2 is 1.97 bits per heavy atom. The fourth-order valence-electron chi connectivity index (χ4n) is 4.99. The molecule has 3 aromatic heterocycles. The predicted octanol–water partition coefficient (Wildman–Crippen LogP) is 1.39. The van der Waals surface area contributed by atoms with E-state index in [4.69, 9.17) is 4.98 Å². The van der Waals surface area contributed by atoms with Crippen LogP contribution in [0.5, 0.6) is 0 Å². The normalized spacial score (nSPS) is 25.4. The lowest BCUT2D eigenvalue weighted by Crippen LogP contribution is -2.67. The van der Waals surface area contributed by atoms with Crippen molar-refractivity contribution in [1.82, 2.24) is 19.9 Å². The van der Waals surface area contributed by atoms with Gasteiger partial charge in [0.1, 0.15) is 11.9 Å². The third-order valence-corrected chi connectivity index (χ3v) is 6.55. The molecule has 152 valence electrons. The average molecular weight is 401 g/mol. The van der Waals surface area contributed by atoms with Crippen molar-refractivity contribution < 1.29 is 5.11 Å². The van der Waals surface area contributed by atoms with Crippen molar-refractivity contribution in [2.45, 2.75) is 31.0 Å². The highest BCUT2D eigenvalue weighted by atomic mass is 16.3. The number of aliphatic hydroxyl groups excluding tert-OH is 1. The highest BCUT2D eigenvalue weighted by molar-refractivity contribution is 5.86. The van der Waals surface area contributed by atoms with Gasteiger partial charge >= 0.3 is 0 Å². The summed E-state index contributed by atoms with van der Waals surface area (Å²) in [6, 6.07) is 9.68. The first kappa shape index (κ1) is 17.7. The van der Waals surface area contributed by atoms with E-state index < -0.39 is 0 Å². The minimum absolute atomic E-state index is 0.303. The van der Waals surface area contributed by atoms with Crippen molar-refractivity contribution in [3.63, 3.8) is 0 Å². The Labute approximate surface area is 174 Å². The van der Waals surface area contributed by atoms with Gasteiger partial charge in [0.25, 0.3) is 0 Å². The predicted molar refractivity (Wildman–Crippen MR) is 114 cm³/mol. The molecule has 0 saturated carbocycles. The smallest absolute Gasteiger partial charge is 0.128 e. The first-order valence-electron chi connectivity index (χ1n) is 10.5. The molecule has 0 radical (unpaired) electrons. The minimum atomic E-state index is -0.303. The number of pyridine rings is 2. The Morgan fingerprint density at radius 3 is 2.63 bits per heavy atom. The van der Waals surface area contributed by atoms with Crippen LogP contribution in [-0.4, -0.2) is 64.1 Å². The zero-order valence-corrected chi connectivity index (χ0v) is 16.6. The van der Waals surface area contributed by atoms with Crippen LogP contribution in [0.3, 0.4) is 0 Å². The van der Waals surface area contributed by atoms with Crippen LogP contribution in [0.4, 0.5) is 11.5 Å². The van der Waals surface area contributed by atoms with E-state index >= 15 is 0 Å². The van der Waals surface area contributed by atoms with E-state index in [-0.39, 0.29) is 6.10 Å². The summed E-state index contributed by atoms with van der Waals surface area (Å²) in [4.78, 5) is 9.26. The molecule has 2 N–H and O–H groups in total. The van der Waals surface area contributed by atoms with E-state index in [2.05, 4.69) is 44.5 Å². The number of nitrogens with zero attached hydrogens (tertiary/aromatic N) is 6. The topological polar surface area (TPSA) is 92.7 Å². The average Bonchev–Trinajstić information content (AvgIpc) is 3.39. The first-order valence-corrected chi connectivity index (χ1v) is 10.5. The fourth-order valence-corrected chi connectivity index (χ4v) is 4.99. The van der Waals surface area contributed by atoms with Crippen molar-refractivity contribution in [1.29, 1.82) is 5.26 Å². The highest BCUT2D eigenvalue weighted by Crippen LogP contribution is 2.33. The number of piperidine rings is 1. The maximum absolute atomic E-state index is 9.95. The summed E-state index contributed by atoms with van der Waals surface area (Å²) in [6.07, 6.45) is 7.17. The van der Waals surface area contributed by atoms with Crippen LogP contribution >= 0.6 is 0 Å². The van der Waals surface area contributed by atoms with Gasteiger partial charge in [-0.1, -0.05) is 0 Å². The molecule has 30 heavy (non-hydrogen) atoms. The molecule has 2 bridgehead atoms. The summed E-state index contributed by atoms with van der Waals surface area (Å²) < 4.78 is 1.77. The number of rotatable bonds is 3. The van der Waals surface area contributed by atoms with Crippen molar-refractivity contribution in [3.05, 3.63) is 42.4 Å². The Balaban J connectivity index is 1.40. The third kappa shape index (κ3) is 2.82. The second-order valence-electron chi connectivity index (χ2n) is 8.57. The molecule has 7 heterocycles. The SMILES string of the molecule is N#Cc1cnn2cc(N3CCC(O)C3)cc(-c3ccc(N4CC5CC(C4)N5)nc3)c12. The summed E-state index contributed by atoms with van der Waals surface area (Å²) in [7, 11) is 0. The van der Waals surface area contributed by atoms with Gasteiger partial charge in [0.05, 0.1) is 35.3 Å². The minimum Gasteiger partial charge on any atom is -0.391 e. The van der Waals surface area contributed by atoms with Crippen LogP contribution in [-0.2, 0) is 0 Å². The fraction of sp³-hybridized carbons (Fsp3) is 0.409. The molecule has 0 aromatic carbocycles. The van der Waals surface area contributed by atoms with Crippen LogP contribution in [0, 0.1) is 11.3 Å². The quantitative estimate of drug-likeness (QED) is 0.685. The molecule has 8 nitrogen and oxygen atoms in total. The lowest BCUT2D eigenvalue weighted by molar-refractivity contribution is 0.198. The number of fused-ring (bicyclic) bond motifs is 3. The summed E-state index contributed by atoms with van der Waals surface area (Å²) in [6.45, 7) is 3.42. The van der Waals surface area contributed by atoms with Crippen LogP contribution in [0.25, 0.3) is 16.6 Å². The number of aliphatic hydroxyl groups is 1. The lowest BCUT2D eigenvalue weighted by atomic mass is 9.91. The number of anilines is 2. The van der Waals surface area contributed by atoms with Crippen LogP contribution < -0.4 is 15.1 Å². The molecule has 0 aliphatic carbocycles. The van der Waals surface area contributed by atoms with Gasteiger partial charge in [-0.15, -0.1) is 0 Å². The number of nitrogens with one attached hydrogen (secondary N) is 1. The molecule has 0 amide bonds. The molecule has 3 aromatic rings. The van der Waals surface area contributed by atoms with E-state index in [1.165, 1.54) is 6.42 Å². The Bertz CT molecular complexity index is 1130. The Morgan fingerprint density at radius 1 is 1.13 bits per heavy atom. The lowest BCUT2D eigenvalue weighted by Gasteiger charge is -2.48. The molecule has 4 saturated heterocycles. The van der Waals surface area contributed by atoms with Gasteiger partial charge in [-0.05, 0) is 31.0 Å². The molecular formula is C22H23N7O. The summed E-state index contributed by atoms with van der Waals surface area (Å²) in [5, 5.41) is 27.5. The van der Waals surface area contributed by atoms with Gasteiger partial charge in [-0.25, -0.2) is 9.50 Å². The second-order valence-corrected chi connectivity index (χ2v) is 8.57. The van der Waals surface area contributed by atoms with Gasteiger partial charge in [-0.3, -0.25) is 0 Å². The molecule has 4 aliphatic rings. The summed E-state index contributed by atoms with van der Waals surface area (Å²) in [5.74, 6) is 0.999. The van der Waals surface area contributed by atoms with E-state index in [9.17, 15) is 10.4 Å². The molecule has 7 rings (SSSR count). The second kappa shape index (κ2) is 6.69. The van der Waals surface area contributed by atoms with Gasteiger partial charge in [0, 0.05) is 55.6 Å². The number of piperazine rings is 1. The largest absolute Gasteiger partial charge is 0.391 e. The molecule has 4 fully saturated rings. The van der Waals surface area contributed by atoms with Crippen LogP contribution in [0.1, 0.15) is 18.4 Å². The number of hydrogen-bond donors (Lipinski definition) is 2. The van der Waals surface area contributed by atoms with Gasteiger partial charge in [-0.2, -0.15) is 10.4 Å². The summed E-state index contributed by atoms with van der Waals surface area (Å²) >= 11 is 0. The molecule has 4 aliphatic heterocycles. The van der Waals surface area contributed by atoms with Crippen molar-refractivity contribution in [2.75, 3.05) is 36.0 Å². The van der Waals surface area contributed by atoms with Crippen LogP contribution in [0.2, 0.25) is 0 Å². The number of β-amino-alcohol motifs (C(OH)–C–C–N with tert-alkyl or cyclic N) is 1. The monoisotopic (exact) mass is 401 g/mol. The van der Waals surface area contributed by atoms with E-state index in [0.717, 1.165) is 54.2 Å². The third-order valence-electron chi connectivity index (χ3n) is 6.55. The number of aromatic nitrogens is 3. The van der Waals surface area contributed by atoms with Crippen molar-refractivity contribution >= 4 is 17.0 Å².